The minimum absolute atomic E-state index is 0.326. The quantitative estimate of drug-likeness (QED) is 0.424. The molecule has 0 spiro atoms. The smallest absolute Gasteiger partial charge is 0.303 e. The molecule has 0 amide bonds. The van der Waals surface area contributed by atoms with E-state index in [1.54, 1.807) is 12.2 Å². The summed E-state index contributed by atoms with van der Waals surface area (Å²) in [5.41, 5.74) is 0. The number of carbonyl (C=O) groups excluding carboxylic acids is 3. The summed E-state index contributed by atoms with van der Waals surface area (Å²) in [4.78, 5) is 34.5. The fourth-order valence-electron chi connectivity index (χ4n) is 2.88. The lowest BCUT2D eigenvalue weighted by atomic mass is 9.86. The van der Waals surface area contributed by atoms with E-state index in [2.05, 4.69) is 18.5 Å². The van der Waals surface area contributed by atoms with E-state index in [1.165, 1.54) is 20.8 Å². The average Bonchev–Trinajstić information content (AvgIpc) is 2.45. The van der Waals surface area contributed by atoms with Crippen LogP contribution in [0.4, 0.5) is 0 Å². The van der Waals surface area contributed by atoms with Crippen molar-refractivity contribution in [1.82, 2.24) is 5.32 Å². The normalized spacial score (nSPS) is 29.2. The standard InChI is InChI=1S/C17H25NO6/c1-6-8-13-15(22-10(3)19)17(24-12(5)21)16(23-11(4)20)14(18-13)9-7-2/h6-7,13-18H,1-2,8-9H2,3-5H3/t13-,14-,15-,16+,17?/m0/s1. The highest BCUT2D eigenvalue weighted by atomic mass is 16.6. The van der Waals surface area contributed by atoms with E-state index in [1.807, 2.05) is 0 Å². The molecule has 1 saturated heterocycles. The van der Waals surface area contributed by atoms with Gasteiger partial charge in [-0.1, -0.05) is 12.2 Å². The molecule has 7 nitrogen and oxygen atoms in total. The average molecular weight is 339 g/mol. The maximum absolute atomic E-state index is 11.5. The second-order valence-electron chi connectivity index (χ2n) is 5.65. The Morgan fingerprint density at radius 3 is 1.42 bits per heavy atom. The van der Waals surface area contributed by atoms with Gasteiger partial charge in [0.05, 0.1) is 12.1 Å². The van der Waals surface area contributed by atoms with Crippen LogP contribution in [0.3, 0.4) is 0 Å². The number of nitrogens with one attached hydrogen (secondary N) is 1. The minimum Gasteiger partial charge on any atom is -0.457 e. The first-order valence-corrected chi connectivity index (χ1v) is 7.79. The first-order chi connectivity index (χ1) is 11.3. The summed E-state index contributed by atoms with van der Waals surface area (Å²) in [5, 5.41) is 3.28. The zero-order valence-electron chi connectivity index (χ0n) is 14.3. The van der Waals surface area contributed by atoms with Crippen molar-refractivity contribution in [2.24, 2.45) is 0 Å². The van der Waals surface area contributed by atoms with Crippen LogP contribution in [0.25, 0.3) is 0 Å². The van der Waals surface area contributed by atoms with Gasteiger partial charge in [0.25, 0.3) is 0 Å². The van der Waals surface area contributed by atoms with Crippen LogP contribution in [-0.2, 0) is 28.6 Å². The number of piperidine rings is 1. The summed E-state index contributed by atoms with van der Waals surface area (Å²) in [6, 6.07) is -0.653. The van der Waals surface area contributed by atoms with Crippen molar-refractivity contribution < 1.29 is 28.6 Å². The molecule has 1 heterocycles. The Balaban J connectivity index is 3.24. The number of esters is 3. The van der Waals surface area contributed by atoms with Gasteiger partial charge in [0.1, 0.15) is 0 Å². The molecule has 5 atom stereocenters. The Bertz CT molecular complexity index is 467. The fraction of sp³-hybridized carbons (Fsp3) is 0.588. The summed E-state index contributed by atoms with van der Waals surface area (Å²) in [5.74, 6) is -1.58. The minimum atomic E-state index is -0.911. The summed E-state index contributed by atoms with van der Waals surface area (Å²) in [6.07, 6.45) is 1.81. The number of carbonyl (C=O) groups is 3. The third-order valence-electron chi connectivity index (χ3n) is 3.62. The Hall–Kier alpha value is -2.15. The van der Waals surface area contributed by atoms with E-state index < -0.39 is 36.2 Å². The molecule has 1 aliphatic heterocycles. The number of hydrogen-bond donors (Lipinski definition) is 1. The molecule has 134 valence electrons. The second kappa shape index (κ2) is 9.22. The SMILES string of the molecule is C=CC[C@@H]1N[C@@H](CC=C)[C@@H](OC(C)=O)C(OC(C)=O)[C@H]1OC(C)=O. The van der Waals surface area contributed by atoms with Crippen molar-refractivity contribution in [3.63, 3.8) is 0 Å². The Morgan fingerprint density at radius 2 is 1.12 bits per heavy atom. The van der Waals surface area contributed by atoms with E-state index in [0.29, 0.717) is 12.8 Å². The van der Waals surface area contributed by atoms with Gasteiger partial charge >= 0.3 is 17.9 Å². The van der Waals surface area contributed by atoms with Gasteiger partial charge in [0.15, 0.2) is 18.3 Å². The van der Waals surface area contributed by atoms with Crippen LogP contribution in [0.1, 0.15) is 33.6 Å². The van der Waals surface area contributed by atoms with Crippen LogP contribution in [0.5, 0.6) is 0 Å². The maximum atomic E-state index is 11.5. The molecule has 0 bridgehead atoms. The van der Waals surface area contributed by atoms with Crippen LogP contribution in [0, 0.1) is 0 Å². The molecular formula is C17H25NO6. The molecule has 0 aliphatic carbocycles. The molecule has 24 heavy (non-hydrogen) atoms. The van der Waals surface area contributed by atoms with Crippen molar-refractivity contribution in [2.45, 2.75) is 64.0 Å². The second-order valence-corrected chi connectivity index (χ2v) is 5.65. The van der Waals surface area contributed by atoms with Crippen LogP contribution < -0.4 is 5.32 Å². The summed E-state index contributed by atoms with van der Waals surface area (Å²) < 4.78 is 16.1. The maximum Gasteiger partial charge on any atom is 0.303 e. The van der Waals surface area contributed by atoms with Gasteiger partial charge in [-0.05, 0) is 12.8 Å². The molecule has 1 N–H and O–H groups in total. The Labute approximate surface area is 142 Å². The molecule has 0 aromatic rings. The third kappa shape index (κ3) is 5.49. The summed E-state index contributed by atoms with van der Waals surface area (Å²) in [7, 11) is 0. The molecule has 1 fully saturated rings. The van der Waals surface area contributed by atoms with Crippen molar-refractivity contribution in [1.29, 1.82) is 0 Å². The van der Waals surface area contributed by atoms with E-state index in [0.717, 1.165) is 0 Å². The van der Waals surface area contributed by atoms with Gasteiger partial charge in [-0.25, -0.2) is 0 Å². The van der Waals surface area contributed by atoms with Gasteiger partial charge < -0.3 is 19.5 Å². The molecule has 7 heteroatoms. The predicted molar refractivity (Wildman–Crippen MR) is 87.0 cm³/mol. The lowest BCUT2D eigenvalue weighted by molar-refractivity contribution is -0.196. The molecule has 0 aromatic carbocycles. The molecule has 0 aromatic heterocycles. The molecule has 1 rings (SSSR count). The van der Waals surface area contributed by atoms with Gasteiger partial charge in [0.2, 0.25) is 0 Å². The molecule has 0 saturated carbocycles. The van der Waals surface area contributed by atoms with Crippen molar-refractivity contribution >= 4 is 17.9 Å². The summed E-state index contributed by atoms with van der Waals surface area (Å²) >= 11 is 0. The zero-order chi connectivity index (χ0) is 18.3. The van der Waals surface area contributed by atoms with Gasteiger partial charge in [0, 0.05) is 20.8 Å². The molecule has 0 radical (unpaired) electrons. The first-order valence-electron chi connectivity index (χ1n) is 7.79. The number of hydrogen-bond acceptors (Lipinski definition) is 7. The van der Waals surface area contributed by atoms with E-state index in [9.17, 15) is 14.4 Å². The highest BCUT2D eigenvalue weighted by Crippen LogP contribution is 2.27. The van der Waals surface area contributed by atoms with Crippen LogP contribution in [0.2, 0.25) is 0 Å². The topological polar surface area (TPSA) is 90.9 Å². The Morgan fingerprint density at radius 1 is 0.792 bits per heavy atom. The van der Waals surface area contributed by atoms with E-state index in [-0.39, 0.29) is 12.1 Å². The van der Waals surface area contributed by atoms with Gasteiger partial charge in [-0.3, -0.25) is 14.4 Å². The van der Waals surface area contributed by atoms with Crippen molar-refractivity contribution in [3.05, 3.63) is 25.3 Å². The zero-order valence-corrected chi connectivity index (χ0v) is 14.3. The van der Waals surface area contributed by atoms with Gasteiger partial charge in [-0.15, -0.1) is 13.2 Å². The van der Waals surface area contributed by atoms with Crippen LogP contribution in [0.15, 0.2) is 25.3 Å². The van der Waals surface area contributed by atoms with E-state index in [4.69, 9.17) is 14.2 Å². The molecule has 1 unspecified atom stereocenters. The van der Waals surface area contributed by atoms with E-state index >= 15 is 0 Å². The lowest BCUT2D eigenvalue weighted by Crippen LogP contribution is -2.67. The van der Waals surface area contributed by atoms with Crippen molar-refractivity contribution in [2.75, 3.05) is 0 Å². The molecular weight excluding hydrogens is 314 g/mol. The summed E-state index contributed by atoms with van der Waals surface area (Å²) in [6.45, 7) is 11.2. The largest absolute Gasteiger partial charge is 0.457 e. The van der Waals surface area contributed by atoms with Crippen molar-refractivity contribution in [3.8, 4) is 0 Å². The first kappa shape index (κ1) is 19.9. The highest BCUT2D eigenvalue weighted by molar-refractivity contribution is 5.68. The highest BCUT2D eigenvalue weighted by Gasteiger charge is 2.49. The number of ether oxygens (including phenoxy) is 3. The lowest BCUT2D eigenvalue weighted by Gasteiger charge is -2.45. The molecule has 1 aliphatic rings. The Kier molecular flexibility index (Phi) is 7.64. The third-order valence-corrected chi connectivity index (χ3v) is 3.62. The van der Waals surface area contributed by atoms with Gasteiger partial charge in [-0.2, -0.15) is 0 Å². The number of rotatable bonds is 7. The van der Waals surface area contributed by atoms with Crippen LogP contribution >= 0.6 is 0 Å². The fourth-order valence-corrected chi connectivity index (χ4v) is 2.88. The van der Waals surface area contributed by atoms with Crippen LogP contribution in [-0.4, -0.2) is 48.3 Å². The monoisotopic (exact) mass is 339 g/mol. The predicted octanol–water partition coefficient (Wildman–Crippen LogP) is 1.27.